The number of para-hydroxylation sites is 1. The third kappa shape index (κ3) is 3.75. The van der Waals surface area contributed by atoms with Gasteiger partial charge in [-0.15, -0.1) is 0 Å². The summed E-state index contributed by atoms with van der Waals surface area (Å²) in [6, 6.07) is 16.9. The summed E-state index contributed by atoms with van der Waals surface area (Å²) in [5.74, 6) is 0.213. The van der Waals surface area contributed by atoms with E-state index in [4.69, 9.17) is 11.5 Å². The molecule has 3 rings (SSSR count). The Kier molecular flexibility index (Phi) is 4.60. The topological polar surface area (TPSA) is 72.3 Å². The van der Waals surface area contributed by atoms with Gasteiger partial charge in [-0.05, 0) is 42.8 Å². The molecule has 0 bridgehead atoms. The van der Waals surface area contributed by atoms with E-state index in [0.717, 1.165) is 30.0 Å². The molecule has 4 N–H and O–H groups in total. The Balaban J connectivity index is 0.000000178. The third-order valence-electron chi connectivity index (χ3n) is 3.08. The molecule has 2 aromatic rings. The monoisotopic (exact) mass is 269 g/mol. The van der Waals surface area contributed by atoms with Crippen LogP contribution in [0.4, 0.5) is 17.1 Å². The lowest BCUT2D eigenvalue weighted by Crippen LogP contribution is -2.23. The standard InChI is InChI=1S/C10H12N2O.C6H7N/c11-8-3-5-9(6-4-8)12-7-1-2-10(12)13;7-6-4-2-1-3-5-6/h3-6H,1-2,7,11H2;1-5H,7H2. The second-order valence-electron chi connectivity index (χ2n) is 4.65. The van der Waals surface area contributed by atoms with E-state index in [1.54, 1.807) is 4.90 Å². The predicted octanol–water partition coefficient (Wildman–Crippen LogP) is 2.66. The highest BCUT2D eigenvalue weighted by Crippen LogP contribution is 2.21. The maximum absolute atomic E-state index is 11.4. The summed E-state index contributed by atoms with van der Waals surface area (Å²) in [7, 11) is 0. The van der Waals surface area contributed by atoms with Crippen LogP contribution in [0.25, 0.3) is 0 Å². The zero-order valence-electron chi connectivity index (χ0n) is 11.3. The first kappa shape index (κ1) is 13.9. The summed E-state index contributed by atoms with van der Waals surface area (Å²) >= 11 is 0. The number of benzene rings is 2. The Bertz CT molecular complexity index is 552. The molecule has 4 heteroatoms. The fourth-order valence-corrected chi connectivity index (χ4v) is 2.03. The van der Waals surface area contributed by atoms with E-state index in [9.17, 15) is 4.79 Å². The van der Waals surface area contributed by atoms with Gasteiger partial charge in [0, 0.05) is 30.0 Å². The molecule has 1 amide bonds. The summed E-state index contributed by atoms with van der Waals surface area (Å²) < 4.78 is 0. The minimum atomic E-state index is 0.213. The van der Waals surface area contributed by atoms with Crippen LogP contribution in [-0.2, 0) is 4.79 Å². The highest BCUT2D eigenvalue weighted by molar-refractivity contribution is 5.95. The van der Waals surface area contributed by atoms with Crippen LogP contribution in [0.3, 0.4) is 0 Å². The lowest BCUT2D eigenvalue weighted by atomic mass is 10.2. The van der Waals surface area contributed by atoms with Crippen molar-refractivity contribution in [3.8, 4) is 0 Å². The largest absolute Gasteiger partial charge is 0.399 e. The molecule has 0 saturated carbocycles. The average molecular weight is 269 g/mol. The molecule has 0 aliphatic carbocycles. The van der Waals surface area contributed by atoms with Crippen molar-refractivity contribution in [2.24, 2.45) is 0 Å². The summed E-state index contributed by atoms with van der Waals surface area (Å²) in [5.41, 5.74) is 13.4. The van der Waals surface area contributed by atoms with Crippen molar-refractivity contribution >= 4 is 23.0 Å². The molecule has 1 aliphatic rings. The van der Waals surface area contributed by atoms with Crippen LogP contribution in [0.5, 0.6) is 0 Å². The Labute approximate surface area is 119 Å². The summed E-state index contributed by atoms with van der Waals surface area (Å²) in [6.07, 6.45) is 1.63. The number of nitrogen functional groups attached to an aromatic ring is 2. The van der Waals surface area contributed by atoms with Gasteiger partial charge in [0.2, 0.25) is 5.91 Å². The van der Waals surface area contributed by atoms with Crippen LogP contribution in [0, 0.1) is 0 Å². The maximum atomic E-state index is 11.4. The number of carbonyl (C=O) groups excluding carboxylic acids is 1. The smallest absolute Gasteiger partial charge is 0.227 e. The second-order valence-corrected chi connectivity index (χ2v) is 4.65. The Morgan fingerprint density at radius 3 is 1.90 bits per heavy atom. The molecule has 1 fully saturated rings. The van der Waals surface area contributed by atoms with Crippen LogP contribution in [0.2, 0.25) is 0 Å². The lowest BCUT2D eigenvalue weighted by molar-refractivity contribution is -0.117. The number of anilines is 3. The molecular weight excluding hydrogens is 250 g/mol. The zero-order valence-corrected chi connectivity index (χ0v) is 11.3. The molecular formula is C16H19N3O. The maximum Gasteiger partial charge on any atom is 0.227 e. The predicted molar refractivity (Wildman–Crippen MR) is 83.3 cm³/mol. The molecule has 0 atom stereocenters. The fraction of sp³-hybridized carbons (Fsp3) is 0.188. The van der Waals surface area contributed by atoms with Gasteiger partial charge in [0.05, 0.1) is 0 Å². The van der Waals surface area contributed by atoms with Gasteiger partial charge in [-0.2, -0.15) is 0 Å². The molecule has 0 aromatic heterocycles. The number of rotatable bonds is 1. The minimum absolute atomic E-state index is 0.213. The van der Waals surface area contributed by atoms with Crippen molar-refractivity contribution < 1.29 is 4.79 Å². The van der Waals surface area contributed by atoms with E-state index >= 15 is 0 Å². The van der Waals surface area contributed by atoms with Crippen LogP contribution in [0.15, 0.2) is 54.6 Å². The summed E-state index contributed by atoms with van der Waals surface area (Å²) in [5, 5.41) is 0. The van der Waals surface area contributed by atoms with Crippen LogP contribution < -0.4 is 16.4 Å². The van der Waals surface area contributed by atoms with E-state index in [0.29, 0.717) is 6.42 Å². The number of carbonyl (C=O) groups is 1. The summed E-state index contributed by atoms with van der Waals surface area (Å²) in [4.78, 5) is 13.2. The van der Waals surface area contributed by atoms with Crippen molar-refractivity contribution in [1.29, 1.82) is 0 Å². The minimum Gasteiger partial charge on any atom is -0.399 e. The lowest BCUT2D eigenvalue weighted by Gasteiger charge is -2.15. The van der Waals surface area contributed by atoms with E-state index in [-0.39, 0.29) is 5.91 Å². The van der Waals surface area contributed by atoms with E-state index in [1.807, 2.05) is 54.6 Å². The third-order valence-corrected chi connectivity index (χ3v) is 3.08. The molecule has 0 radical (unpaired) electrons. The van der Waals surface area contributed by atoms with Crippen molar-refractivity contribution in [3.05, 3.63) is 54.6 Å². The van der Waals surface area contributed by atoms with Crippen molar-refractivity contribution in [3.63, 3.8) is 0 Å². The van der Waals surface area contributed by atoms with Crippen molar-refractivity contribution in [2.45, 2.75) is 12.8 Å². The molecule has 20 heavy (non-hydrogen) atoms. The molecule has 104 valence electrons. The van der Waals surface area contributed by atoms with Gasteiger partial charge in [-0.25, -0.2) is 0 Å². The van der Waals surface area contributed by atoms with E-state index in [1.165, 1.54) is 0 Å². The quantitative estimate of drug-likeness (QED) is 0.782. The van der Waals surface area contributed by atoms with Gasteiger partial charge in [0.1, 0.15) is 0 Å². The molecule has 1 saturated heterocycles. The fourth-order valence-electron chi connectivity index (χ4n) is 2.03. The molecule has 0 unspecified atom stereocenters. The number of amides is 1. The first-order valence-electron chi connectivity index (χ1n) is 6.63. The molecule has 0 spiro atoms. The number of hydrogen-bond acceptors (Lipinski definition) is 3. The highest BCUT2D eigenvalue weighted by Gasteiger charge is 2.20. The number of nitrogens with zero attached hydrogens (tertiary/aromatic N) is 1. The first-order valence-corrected chi connectivity index (χ1v) is 6.63. The first-order chi connectivity index (χ1) is 9.66. The zero-order chi connectivity index (χ0) is 14.4. The van der Waals surface area contributed by atoms with Crippen LogP contribution in [-0.4, -0.2) is 12.5 Å². The number of hydrogen-bond donors (Lipinski definition) is 2. The van der Waals surface area contributed by atoms with Crippen LogP contribution >= 0.6 is 0 Å². The normalized spacial score (nSPS) is 13.8. The molecule has 4 nitrogen and oxygen atoms in total. The van der Waals surface area contributed by atoms with Gasteiger partial charge >= 0.3 is 0 Å². The summed E-state index contributed by atoms with van der Waals surface area (Å²) in [6.45, 7) is 0.836. The molecule has 2 aromatic carbocycles. The van der Waals surface area contributed by atoms with Gasteiger partial charge < -0.3 is 16.4 Å². The van der Waals surface area contributed by atoms with E-state index < -0.39 is 0 Å². The number of nitrogens with two attached hydrogens (primary N) is 2. The van der Waals surface area contributed by atoms with Gasteiger partial charge in [0.15, 0.2) is 0 Å². The SMILES string of the molecule is Nc1ccc(N2CCCC2=O)cc1.Nc1ccccc1. The molecule has 1 heterocycles. The Morgan fingerprint density at radius 2 is 1.45 bits per heavy atom. The van der Waals surface area contributed by atoms with Gasteiger partial charge in [-0.3, -0.25) is 4.79 Å². The second kappa shape index (κ2) is 6.61. The Hall–Kier alpha value is -2.49. The van der Waals surface area contributed by atoms with Crippen molar-refractivity contribution in [2.75, 3.05) is 22.9 Å². The van der Waals surface area contributed by atoms with Crippen molar-refractivity contribution in [1.82, 2.24) is 0 Å². The van der Waals surface area contributed by atoms with Gasteiger partial charge in [-0.1, -0.05) is 18.2 Å². The van der Waals surface area contributed by atoms with E-state index in [2.05, 4.69) is 0 Å². The average Bonchev–Trinajstić information content (AvgIpc) is 2.88. The van der Waals surface area contributed by atoms with Gasteiger partial charge in [0.25, 0.3) is 0 Å². The molecule has 1 aliphatic heterocycles. The van der Waals surface area contributed by atoms with Crippen LogP contribution in [0.1, 0.15) is 12.8 Å². The Morgan fingerprint density at radius 1 is 0.850 bits per heavy atom. The highest BCUT2D eigenvalue weighted by atomic mass is 16.2.